The molecule has 0 heterocycles. The van der Waals surface area contributed by atoms with Gasteiger partial charge in [0.25, 0.3) is 0 Å². The Balaban J connectivity index is 4.91. The highest BCUT2D eigenvalue weighted by Crippen LogP contribution is 2.64. The second kappa shape index (κ2) is 7.54. The van der Waals surface area contributed by atoms with Crippen LogP contribution in [0, 0.1) is 0 Å². The van der Waals surface area contributed by atoms with Gasteiger partial charge in [-0.15, -0.1) is 0 Å². The summed E-state index contributed by atoms with van der Waals surface area (Å²) in [6.45, 7) is 4.41. The van der Waals surface area contributed by atoms with E-state index >= 15 is 0 Å². The Hall–Kier alpha value is -0.960. The van der Waals surface area contributed by atoms with Crippen molar-refractivity contribution < 1.29 is 52.8 Å². The van der Waals surface area contributed by atoms with Gasteiger partial charge in [-0.25, -0.2) is 4.79 Å². The molecule has 130 valence electrons. The lowest BCUT2D eigenvalue weighted by atomic mass is 10.2. The van der Waals surface area contributed by atoms with Gasteiger partial charge in [0.15, 0.2) is 5.40 Å². The summed E-state index contributed by atoms with van der Waals surface area (Å²) in [5, 5.41) is 6.12. The van der Waals surface area contributed by atoms with Gasteiger partial charge in [-0.2, -0.15) is 0 Å². The van der Waals surface area contributed by atoms with Crippen LogP contribution in [0.2, 0.25) is 0 Å². The zero-order valence-electron chi connectivity index (χ0n) is 12.0. The molecule has 0 aromatic heterocycles. The third-order valence-electron chi connectivity index (χ3n) is 1.98. The number of ether oxygens (including phenoxy) is 1. The average molecular weight is 364 g/mol. The molecule has 0 saturated heterocycles. The Morgan fingerprint density at radius 3 is 2.00 bits per heavy atom. The summed E-state index contributed by atoms with van der Waals surface area (Å²) >= 11 is 0. The van der Waals surface area contributed by atoms with Crippen LogP contribution in [0.4, 0.5) is 4.79 Å². The summed E-state index contributed by atoms with van der Waals surface area (Å²) in [6, 6.07) is 0. The van der Waals surface area contributed by atoms with Gasteiger partial charge in [-0.1, -0.05) is 4.67 Å². The number of carboxylic acid groups (broad SMARTS) is 1. The first-order valence-corrected chi connectivity index (χ1v) is 9.17. The van der Waals surface area contributed by atoms with Crippen molar-refractivity contribution in [1.82, 2.24) is 0 Å². The number of carboxylic acids is 1. The average Bonchev–Trinajstić information content (AvgIpc) is 2.21. The topological polar surface area (TPSA) is 177 Å². The highest BCUT2D eigenvalue weighted by Gasteiger charge is 2.47. The van der Waals surface area contributed by atoms with Crippen molar-refractivity contribution in [3.8, 4) is 0 Å². The fourth-order valence-corrected chi connectivity index (χ4v) is 4.00. The molecular formula is C9H18O11P2. The van der Waals surface area contributed by atoms with Crippen molar-refractivity contribution in [3.63, 3.8) is 0 Å². The zero-order chi connectivity index (χ0) is 17.8. The molecule has 0 spiro atoms. The minimum atomic E-state index is -5.19. The van der Waals surface area contributed by atoms with Crippen molar-refractivity contribution in [2.75, 3.05) is 0 Å². The number of hydrogen-bond donors (Lipinski definition) is 4. The van der Waals surface area contributed by atoms with Crippen LogP contribution in [0.5, 0.6) is 0 Å². The standard InChI is InChI=1S/C9H18O11P2/c1-9(2,3)18-8(12)19-20-22(16,17)7(21(13,14)15)5-4-6(10)11/h7H,4-5H2,1-3H3,(H,10,11)(H,16,17)(H2,13,14,15). The van der Waals surface area contributed by atoms with E-state index in [0.717, 1.165) is 0 Å². The van der Waals surface area contributed by atoms with E-state index in [1.54, 1.807) is 0 Å². The molecule has 0 aliphatic carbocycles. The van der Waals surface area contributed by atoms with Crippen molar-refractivity contribution in [2.45, 2.75) is 44.6 Å². The summed E-state index contributed by atoms with van der Waals surface area (Å²) in [5.41, 5.74) is -0.994. The first-order chi connectivity index (χ1) is 9.65. The first-order valence-electron chi connectivity index (χ1n) is 5.84. The normalized spacial score (nSPS) is 16.5. The van der Waals surface area contributed by atoms with Crippen LogP contribution in [-0.4, -0.2) is 42.9 Å². The summed E-state index contributed by atoms with van der Waals surface area (Å²) in [5.74, 6) is -1.44. The highest BCUT2D eigenvalue weighted by molar-refractivity contribution is 7.71. The van der Waals surface area contributed by atoms with Crippen molar-refractivity contribution >= 4 is 27.3 Å². The minimum Gasteiger partial charge on any atom is -0.481 e. The number of rotatable bonds is 7. The van der Waals surface area contributed by atoms with Crippen molar-refractivity contribution in [3.05, 3.63) is 0 Å². The fourth-order valence-electron chi connectivity index (χ4n) is 1.17. The summed E-state index contributed by atoms with van der Waals surface area (Å²) < 4.78 is 31.4. The molecule has 0 bridgehead atoms. The van der Waals surface area contributed by atoms with Crippen LogP contribution < -0.4 is 0 Å². The van der Waals surface area contributed by atoms with E-state index in [4.69, 9.17) is 14.9 Å². The summed E-state index contributed by atoms with van der Waals surface area (Å²) in [7, 11) is -10.3. The van der Waals surface area contributed by atoms with Crippen LogP contribution >= 0.6 is 15.2 Å². The van der Waals surface area contributed by atoms with E-state index in [1.807, 2.05) is 0 Å². The zero-order valence-corrected chi connectivity index (χ0v) is 13.8. The molecule has 0 aliphatic heterocycles. The van der Waals surface area contributed by atoms with Crippen molar-refractivity contribution in [2.24, 2.45) is 0 Å². The van der Waals surface area contributed by atoms with E-state index < -0.39 is 51.2 Å². The summed E-state index contributed by atoms with van der Waals surface area (Å²) in [4.78, 5) is 53.0. The Kier molecular flexibility index (Phi) is 7.21. The van der Waals surface area contributed by atoms with E-state index in [9.17, 15) is 23.6 Å². The quantitative estimate of drug-likeness (QED) is 0.222. The molecule has 0 saturated carbocycles. The molecule has 0 aromatic rings. The lowest BCUT2D eigenvalue weighted by Gasteiger charge is -2.22. The largest absolute Gasteiger partial charge is 0.541 e. The van der Waals surface area contributed by atoms with Crippen LogP contribution in [0.1, 0.15) is 33.6 Å². The Morgan fingerprint density at radius 1 is 1.14 bits per heavy atom. The Labute approximate surface area is 125 Å². The molecule has 22 heavy (non-hydrogen) atoms. The predicted octanol–water partition coefficient (Wildman–Crippen LogP) is 1.42. The molecule has 2 atom stereocenters. The Morgan fingerprint density at radius 2 is 1.64 bits per heavy atom. The maximum absolute atomic E-state index is 11.8. The Bertz CT molecular complexity index is 502. The lowest BCUT2D eigenvalue weighted by molar-refractivity contribution is -0.186. The van der Waals surface area contributed by atoms with Gasteiger partial charge in [-0.3, -0.25) is 18.8 Å². The van der Waals surface area contributed by atoms with Gasteiger partial charge >= 0.3 is 27.3 Å². The maximum atomic E-state index is 11.8. The van der Waals surface area contributed by atoms with Gasteiger partial charge in [0.05, 0.1) is 0 Å². The molecule has 0 radical (unpaired) electrons. The van der Waals surface area contributed by atoms with E-state index in [0.29, 0.717) is 0 Å². The fraction of sp³-hybridized carbons (Fsp3) is 0.778. The van der Waals surface area contributed by atoms with Crippen LogP contribution in [-0.2, 0) is 28.2 Å². The predicted molar refractivity (Wildman–Crippen MR) is 70.9 cm³/mol. The number of carbonyl (C=O) groups excluding carboxylic acids is 1. The van der Waals surface area contributed by atoms with Gasteiger partial charge in [0, 0.05) is 6.42 Å². The van der Waals surface area contributed by atoms with Gasteiger partial charge < -0.3 is 24.5 Å². The third kappa shape index (κ3) is 8.47. The third-order valence-corrected chi connectivity index (χ3v) is 6.10. The molecular weight excluding hydrogens is 346 g/mol. The van der Waals surface area contributed by atoms with E-state index in [-0.39, 0.29) is 0 Å². The minimum absolute atomic E-state index is 0.796. The molecule has 0 fully saturated rings. The van der Waals surface area contributed by atoms with E-state index in [1.165, 1.54) is 20.8 Å². The lowest BCUT2D eigenvalue weighted by Crippen LogP contribution is -2.25. The number of aliphatic carboxylic acids is 1. The van der Waals surface area contributed by atoms with Crippen LogP contribution in [0.25, 0.3) is 0 Å². The van der Waals surface area contributed by atoms with Crippen LogP contribution in [0.3, 0.4) is 0 Å². The highest BCUT2D eigenvalue weighted by atomic mass is 31.2. The smallest absolute Gasteiger partial charge is 0.481 e. The monoisotopic (exact) mass is 364 g/mol. The molecule has 2 unspecified atom stereocenters. The van der Waals surface area contributed by atoms with E-state index in [2.05, 4.69) is 14.3 Å². The molecule has 0 aromatic carbocycles. The molecule has 13 heteroatoms. The second-order valence-corrected chi connectivity index (χ2v) is 9.30. The summed E-state index contributed by atoms with van der Waals surface area (Å²) in [6.07, 6.45) is -3.15. The van der Waals surface area contributed by atoms with Gasteiger partial charge in [-0.05, 0) is 27.2 Å². The van der Waals surface area contributed by atoms with Gasteiger partial charge in [0.1, 0.15) is 5.60 Å². The molecule has 11 nitrogen and oxygen atoms in total. The second-order valence-electron chi connectivity index (χ2n) is 5.19. The molecule has 0 amide bonds. The SMILES string of the molecule is CC(C)(C)OC(=O)OOP(=O)(O)C(CCC(=O)O)P(=O)(O)O. The molecule has 0 rings (SSSR count). The van der Waals surface area contributed by atoms with Crippen LogP contribution in [0.15, 0.2) is 0 Å². The first kappa shape index (κ1) is 21.0. The van der Waals surface area contributed by atoms with Gasteiger partial charge in [0.2, 0.25) is 0 Å². The van der Waals surface area contributed by atoms with Crippen molar-refractivity contribution in [1.29, 1.82) is 0 Å². The maximum Gasteiger partial charge on any atom is 0.541 e. The molecule has 0 aliphatic rings. The molecule has 4 N–H and O–H groups in total. The number of carbonyl (C=O) groups is 2. The number of hydrogen-bond acceptors (Lipinski definition) is 7.